The summed E-state index contributed by atoms with van der Waals surface area (Å²) < 4.78 is 5.42. The van der Waals surface area contributed by atoms with Gasteiger partial charge in [0.1, 0.15) is 23.4 Å². The monoisotopic (exact) mass is 571 g/mol. The van der Waals surface area contributed by atoms with Crippen LogP contribution in [0.3, 0.4) is 0 Å². The van der Waals surface area contributed by atoms with E-state index in [1.54, 1.807) is 69.3 Å². The fraction of sp³-hybridized carbons (Fsp3) is 0.303. The molecule has 0 aromatic heterocycles. The second-order valence-electron chi connectivity index (χ2n) is 10.8. The lowest BCUT2D eigenvalue weighted by atomic mass is 9.99. The highest BCUT2D eigenvalue weighted by Gasteiger charge is 2.36. The second-order valence-corrected chi connectivity index (χ2v) is 10.8. The molecule has 0 aliphatic heterocycles. The number of nitrogens with zero attached hydrogens (tertiary/aromatic N) is 1. The maximum atomic E-state index is 14.3. The maximum Gasteiger partial charge on any atom is 0.408 e. The number of alkyl carbamates (subject to hydrolysis) is 1. The normalized spacial score (nSPS) is 12.4. The van der Waals surface area contributed by atoms with E-state index in [-0.39, 0.29) is 18.7 Å². The van der Waals surface area contributed by atoms with Gasteiger partial charge in [0, 0.05) is 24.2 Å². The van der Waals surface area contributed by atoms with Crippen molar-refractivity contribution >= 4 is 23.6 Å². The Morgan fingerprint density at radius 3 is 2.21 bits per heavy atom. The van der Waals surface area contributed by atoms with Crippen molar-refractivity contribution in [2.45, 2.75) is 51.8 Å². The first-order chi connectivity index (χ1) is 19.9. The Morgan fingerprint density at radius 2 is 1.64 bits per heavy atom. The number of carbonyl (C=O) groups excluding carboxylic acids is 3. The highest BCUT2D eigenvalue weighted by molar-refractivity contribution is 5.99. The number of nitrogens with one attached hydrogen (secondary N) is 2. The van der Waals surface area contributed by atoms with Crippen LogP contribution in [0.2, 0.25) is 0 Å². The van der Waals surface area contributed by atoms with Crippen LogP contribution in [-0.4, -0.2) is 57.8 Å². The van der Waals surface area contributed by atoms with Gasteiger partial charge in [0.2, 0.25) is 5.91 Å². The van der Waals surface area contributed by atoms with Crippen LogP contribution in [0.5, 0.6) is 5.75 Å². The number of rotatable bonds is 10. The van der Waals surface area contributed by atoms with Crippen molar-refractivity contribution in [3.63, 3.8) is 0 Å². The van der Waals surface area contributed by atoms with Gasteiger partial charge in [-0.15, -0.1) is 6.42 Å². The Hall–Kier alpha value is -4.81. The molecule has 0 aliphatic carbocycles. The van der Waals surface area contributed by atoms with E-state index in [0.29, 0.717) is 22.4 Å². The maximum absolute atomic E-state index is 14.3. The first-order valence-electron chi connectivity index (χ1n) is 13.5. The summed E-state index contributed by atoms with van der Waals surface area (Å²) in [6.07, 6.45) is 4.74. The second kappa shape index (κ2) is 14.2. The lowest BCUT2D eigenvalue weighted by Crippen LogP contribution is -2.53. The number of carbonyl (C=O) groups is 3. The van der Waals surface area contributed by atoms with Crippen LogP contribution in [0.4, 0.5) is 10.5 Å². The first-order valence-corrected chi connectivity index (χ1v) is 13.5. The van der Waals surface area contributed by atoms with Gasteiger partial charge in [0.15, 0.2) is 0 Å². The number of aliphatic hydroxyl groups excluding tert-OH is 1. The summed E-state index contributed by atoms with van der Waals surface area (Å²) in [5, 5.41) is 25.3. The SMILES string of the molecule is C#Cc1ccc(C(C(=O)Nc2ccccc2C)N(CCO)C(=O)C(Cc2ccc(O)cc2)NC(=O)OC(C)(C)C)cc1. The smallest absolute Gasteiger partial charge is 0.408 e. The number of aryl methyl sites for hydroxylation is 1. The number of hydrogen-bond acceptors (Lipinski definition) is 6. The van der Waals surface area contributed by atoms with E-state index >= 15 is 0 Å². The quantitative estimate of drug-likeness (QED) is 0.269. The summed E-state index contributed by atoms with van der Waals surface area (Å²) in [5.74, 6) is 1.45. The van der Waals surface area contributed by atoms with Crippen molar-refractivity contribution < 1.29 is 29.3 Å². The van der Waals surface area contributed by atoms with E-state index in [1.165, 1.54) is 17.0 Å². The average molecular weight is 572 g/mol. The Kier molecular flexibility index (Phi) is 10.7. The topological polar surface area (TPSA) is 128 Å². The first kappa shape index (κ1) is 31.7. The van der Waals surface area contributed by atoms with Crippen LogP contribution in [0.1, 0.15) is 49.1 Å². The third-order valence-electron chi connectivity index (χ3n) is 6.35. The molecule has 3 amide bonds. The largest absolute Gasteiger partial charge is 0.508 e. The van der Waals surface area contributed by atoms with Crippen molar-refractivity contribution in [1.29, 1.82) is 0 Å². The van der Waals surface area contributed by atoms with Gasteiger partial charge in [-0.2, -0.15) is 0 Å². The van der Waals surface area contributed by atoms with Crippen LogP contribution in [0.15, 0.2) is 72.8 Å². The van der Waals surface area contributed by atoms with Crippen LogP contribution >= 0.6 is 0 Å². The minimum absolute atomic E-state index is 0.0302. The van der Waals surface area contributed by atoms with E-state index in [9.17, 15) is 24.6 Å². The van der Waals surface area contributed by atoms with E-state index < -0.39 is 42.2 Å². The molecule has 3 aromatic rings. The molecule has 3 rings (SSSR count). The number of anilines is 1. The van der Waals surface area contributed by atoms with E-state index in [1.807, 2.05) is 19.1 Å². The van der Waals surface area contributed by atoms with E-state index in [0.717, 1.165) is 5.56 Å². The van der Waals surface area contributed by atoms with E-state index in [2.05, 4.69) is 16.6 Å². The molecule has 2 atom stereocenters. The Balaban J connectivity index is 2.06. The van der Waals surface area contributed by atoms with Gasteiger partial charge in [-0.25, -0.2) is 4.79 Å². The van der Waals surface area contributed by atoms with Gasteiger partial charge in [-0.3, -0.25) is 9.59 Å². The number of para-hydroxylation sites is 1. The number of benzene rings is 3. The number of ether oxygens (including phenoxy) is 1. The molecular weight excluding hydrogens is 534 g/mol. The molecule has 0 saturated carbocycles. The Labute approximate surface area is 246 Å². The lowest BCUT2D eigenvalue weighted by Gasteiger charge is -2.34. The van der Waals surface area contributed by atoms with Gasteiger partial charge in [-0.05, 0) is 74.7 Å². The predicted molar refractivity (Wildman–Crippen MR) is 161 cm³/mol. The Bertz CT molecular complexity index is 1420. The minimum atomic E-state index is -1.18. The van der Waals surface area contributed by atoms with Crippen molar-refractivity contribution in [2.24, 2.45) is 0 Å². The number of phenolic OH excluding ortho intramolecular Hbond substituents is 1. The molecular formula is C33H37N3O6. The summed E-state index contributed by atoms with van der Waals surface area (Å²) >= 11 is 0. The number of amides is 3. The minimum Gasteiger partial charge on any atom is -0.508 e. The lowest BCUT2D eigenvalue weighted by molar-refractivity contribution is -0.141. The number of aliphatic hydroxyl groups is 1. The number of phenols is 1. The average Bonchev–Trinajstić information content (AvgIpc) is 2.94. The van der Waals surface area contributed by atoms with Gasteiger partial charge in [-0.1, -0.05) is 48.4 Å². The summed E-state index contributed by atoms with van der Waals surface area (Å²) in [6, 6.07) is 17.7. The molecule has 9 heteroatoms. The summed E-state index contributed by atoms with van der Waals surface area (Å²) in [7, 11) is 0. The molecule has 0 heterocycles. The highest BCUT2D eigenvalue weighted by Crippen LogP contribution is 2.26. The standard InChI is InChI=1S/C33H37N3O6/c1-6-23-11-15-25(16-12-23)29(30(39)34-27-10-8-7-9-22(27)2)36(19-20-37)31(40)28(35-32(41)42-33(3,4)5)21-24-13-17-26(38)18-14-24/h1,7-18,28-29,37-38H,19-21H2,2-5H3,(H,34,39)(H,35,41). The van der Waals surface area contributed by atoms with Crippen LogP contribution in [-0.2, 0) is 20.7 Å². The molecule has 0 bridgehead atoms. The number of hydrogen-bond donors (Lipinski definition) is 4. The van der Waals surface area contributed by atoms with Gasteiger partial charge >= 0.3 is 6.09 Å². The molecule has 3 aromatic carbocycles. The molecule has 9 nitrogen and oxygen atoms in total. The molecule has 0 radical (unpaired) electrons. The molecule has 220 valence electrons. The molecule has 0 spiro atoms. The number of terminal acetylenes is 1. The Morgan fingerprint density at radius 1 is 1.00 bits per heavy atom. The predicted octanol–water partition coefficient (Wildman–Crippen LogP) is 4.32. The molecule has 0 fully saturated rings. The van der Waals surface area contributed by atoms with Gasteiger partial charge in [0.05, 0.1) is 6.61 Å². The summed E-state index contributed by atoms with van der Waals surface area (Å²) in [4.78, 5) is 42.2. The van der Waals surface area contributed by atoms with Crippen LogP contribution < -0.4 is 10.6 Å². The summed E-state index contributed by atoms with van der Waals surface area (Å²) in [5.41, 5.74) is 2.26. The molecule has 0 saturated heterocycles. The zero-order valence-electron chi connectivity index (χ0n) is 24.3. The zero-order valence-corrected chi connectivity index (χ0v) is 24.3. The molecule has 42 heavy (non-hydrogen) atoms. The van der Waals surface area contributed by atoms with Crippen LogP contribution in [0.25, 0.3) is 0 Å². The van der Waals surface area contributed by atoms with Crippen molar-refractivity contribution in [2.75, 3.05) is 18.5 Å². The van der Waals surface area contributed by atoms with E-state index in [4.69, 9.17) is 11.2 Å². The van der Waals surface area contributed by atoms with Gasteiger partial charge in [0.25, 0.3) is 5.91 Å². The molecule has 4 N–H and O–H groups in total. The fourth-order valence-corrected chi connectivity index (χ4v) is 4.34. The van der Waals surface area contributed by atoms with Crippen molar-refractivity contribution in [1.82, 2.24) is 10.2 Å². The van der Waals surface area contributed by atoms with Gasteiger partial charge < -0.3 is 30.5 Å². The fourth-order valence-electron chi connectivity index (χ4n) is 4.34. The number of aromatic hydroxyl groups is 1. The van der Waals surface area contributed by atoms with Crippen molar-refractivity contribution in [3.8, 4) is 18.1 Å². The van der Waals surface area contributed by atoms with Crippen molar-refractivity contribution in [3.05, 3.63) is 95.1 Å². The third kappa shape index (κ3) is 8.85. The van der Waals surface area contributed by atoms with Crippen LogP contribution in [0, 0.1) is 19.3 Å². The zero-order chi connectivity index (χ0) is 30.9. The third-order valence-corrected chi connectivity index (χ3v) is 6.35. The highest BCUT2D eigenvalue weighted by atomic mass is 16.6. The molecule has 0 aliphatic rings. The molecule has 2 unspecified atom stereocenters. The summed E-state index contributed by atoms with van der Waals surface area (Å²) in [6.45, 7) is 6.31.